The van der Waals surface area contributed by atoms with Gasteiger partial charge in [0.25, 0.3) is 0 Å². The fraction of sp³-hybridized carbons (Fsp3) is 0.727. The summed E-state index contributed by atoms with van der Waals surface area (Å²) in [6, 6.07) is 0. The van der Waals surface area contributed by atoms with Crippen LogP contribution < -0.4 is 5.32 Å². The molecule has 0 bridgehead atoms. The first-order valence-electron chi connectivity index (χ1n) is 5.81. The highest BCUT2D eigenvalue weighted by Crippen LogP contribution is 2.10. The molecule has 0 fully saturated rings. The Hall–Kier alpha value is -1.43. The molecule has 17 heavy (non-hydrogen) atoms. The van der Waals surface area contributed by atoms with Crippen LogP contribution in [0, 0.1) is 0 Å². The molecule has 6 nitrogen and oxygen atoms in total. The van der Waals surface area contributed by atoms with E-state index in [4.69, 9.17) is 9.63 Å². The van der Waals surface area contributed by atoms with Crippen LogP contribution in [0.1, 0.15) is 45.3 Å². The highest BCUT2D eigenvalue weighted by molar-refractivity contribution is 5.78. The molecule has 0 amide bonds. The molecule has 96 valence electrons. The Kier molecular flexibility index (Phi) is 4.62. The molecular formula is C11H19N3O3. The lowest BCUT2D eigenvalue weighted by atomic mass is 9.99. The van der Waals surface area contributed by atoms with Crippen molar-refractivity contribution in [2.75, 3.05) is 0 Å². The summed E-state index contributed by atoms with van der Waals surface area (Å²) in [7, 11) is 0. The third-order valence-electron chi connectivity index (χ3n) is 2.79. The summed E-state index contributed by atoms with van der Waals surface area (Å²) in [5.74, 6) is 0.209. The predicted octanol–water partition coefficient (Wildman–Crippen LogP) is 1.36. The molecule has 2 N–H and O–H groups in total. The summed E-state index contributed by atoms with van der Waals surface area (Å²) in [5, 5.41) is 15.8. The van der Waals surface area contributed by atoms with Crippen LogP contribution in [0.2, 0.25) is 0 Å². The second-order valence-corrected chi connectivity index (χ2v) is 4.20. The fourth-order valence-corrected chi connectivity index (χ4v) is 1.31. The van der Waals surface area contributed by atoms with Crippen LogP contribution in [0.15, 0.2) is 4.52 Å². The molecule has 1 atom stereocenters. The monoisotopic (exact) mass is 241 g/mol. The van der Waals surface area contributed by atoms with Crippen molar-refractivity contribution in [2.24, 2.45) is 0 Å². The Bertz CT molecular complexity index is 378. The second-order valence-electron chi connectivity index (χ2n) is 4.20. The van der Waals surface area contributed by atoms with Crippen LogP contribution in [0.25, 0.3) is 0 Å². The molecule has 1 aromatic rings. The van der Waals surface area contributed by atoms with Crippen molar-refractivity contribution in [2.45, 2.75) is 52.1 Å². The van der Waals surface area contributed by atoms with E-state index in [1.54, 1.807) is 6.92 Å². The number of carbonyl (C=O) groups is 1. The van der Waals surface area contributed by atoms with E-state index < -0.39 is 11.5 Å². The molecule has 0 aliphatic carbocycles. The van der Waals surface area contributed by atoms with Gasteiger partial charge in [-0.1, -0.05) is 19.0 Å². The zero-order valence-corrected chi connectivity index (χ0v) is 10.5. The van der Waals surface area contributed by atoms with Gasteiger partial charge in [-0.2, -0.15) is 4.98 Å². The van der Waals surface area contributed by atoms with Gasteiger partial charge in [-0.3, -0.25) is 10.1 Å². The van der Waals surface area contributed by atoms with Crippen LogP contribution in [0.4, 0.5) is 0 Å². The van der Waals surface area contributed by atoms with E-state index in [2.05, 4.69) is 15.5 Å². The van der Waals surface area contributed by atoms with Crippen LogP contribution in [0.5, 0.6) is 0 Å². The van der Waals surface area contributed by atoms with Gasteiger partial charge in [0.2, 0.25) is 5.89 Å². The molecule has 0 saturated heterocycles. The number of rotatable bonds is 7. The van der Waals surface area contributed by atoms with Crippen LogP contribution in [0.3, 0.4) is 0 Å². The molecule has 0 saturated carbocycles. The van der Waals surface area contributed by atoms with Gasteiger partial charge in [-0.15, -0.1) is 0 Å². The molecule has 1 rings (SSSR count). The van der Waals surface area contributed by atoms with Gasteiger partial charge in [0.1, 0.15) is 5.54 Å². The van der Waals surface area contributed by atoms with E-state index in [1.165, 1.54) is 0 Å². The lowest BCUT2D eigenvalue weighted by molar-refractivity contribution is -0.144. The molecule has 1 unspecified atom stereocenters. The zero-order chi connectivity index (χ0) is 12.9. The average Bonchev–Trinajstić information content (AvgIpc) is 2.74. The number of aromatic nitrogens is 2. The van der Waals surface area contributed by atoms with Crippen molar-refractivity contribution in [1.29, 1.82) is 0 Å². The number of nitrogens with one attached hydrogen (secondary N) is 1. The van der Waals surface area contributed by atoms with Gasteiger partial charge < -0.3 is 9.63 Å². The number of hydrogen-bond acceptors (Lipinski definition) is 5. The second kappa shape index (κ2) is 5.77. The molecule has 1 heterocycles. The normalized spacial score (nSPS) is 14.5. The van der Waals surface area contributed by atoms with E-state index in [0.29, 0.717) is 18.1 Å². The number of aryl methyl sites for hydroxylation is 1. The minimum atomic E-state index is -0.959. The molecule has 0 aromatic carbocycles. The minimum Gasteiger partial charge on any atom is -0.480 e. The first kappa shape index (κ1) is 13.6. The lowest BCUT2D eigenvalue weighted by Crippen LogP contribution is -2.48. The largest absolute Gasteiger partial charge is 0.480 e. The Labute approximate surface area is 100 Å². The Balaban J connectivity index is 2.56. The van der Waals surface area contributed by atoms with Gasteiger partial charge in [-0.05, 0) is 19.8 Å². The van der Waals surface area contributed by atoms with Crippen LogP contribution in [-0.4, -0.2) is 26.8 Å². The van der Waals surface area contributed by atoms with Gasteiger partial charge in [-0.25, -0.2) is 0 Å². The van der Waals surface area contributed by atoms with Crippen molar-refractivity contribution in [3.63, 3.8) is 0 Å². The van der Waals surface area contributed by atoms with Crippen molar-refractivity contribution in [1.82, 2.24) is 15.5 Å². The molecule has 6 heteroatoms. The Morgan fingerprint density at radius 2 is 2.24 bits per heavy atom. The number of carboxylic acid groups (broad SMARTS) is 1. The van der Waals surface area contributed by atoms with E-state index in [-0.39, 0.29) is 6.54 Å². The van der Waals surface area contributed by atoms with E-state index in [0.717, 1.165) is 12.8 Å². The maximum absolute atomic E-state index is 11.1. The Morgan fingerprint density at radius 1 is 1.53 bits per heavy atom. The van der Waals surface area contributed by atoms with E-state index >= 15 is 0 Å². The third-order valence-corrected chi connectivity index (χ3v) is 2.79. The molecular weight excluding hydrogens is 222 g/mol. The fourth-order valence-electron chi connectivity index (χ4n) is 1.31. The number of aliphatic carboxylic acids is 1. The first-order valence-corrected chi connectivity index (χ1v) is 5.81. The van der Waals surface area contributed by atoms with Crippen LogP contribution in [-0.2, 0) is 17.8 Å². The van der Waals surface area contributed by atoms with Crippen molar-refractivity contribution in [3.05, 3.63) is 11.7 Å². The van der Waals surface area contributed by atoms with E-state index in [9.17, 15) is 4.79 Å². The molecule has 0 aliphatic rings. The standard InChI is InChI=1S/C11H19N3O3/c1-4-6-8-13-9(17-14-8)7-12-11(3,5-2)10(15)16/h12H,4-7H2,1-3H3,(H,15,16). The quantitative estimate of drug-likeness (QED) is 0.749. The summed E-state index contributed by atoms with van der Waals surface area (Å²) < 4.78 is 5.02. The zero-order valence-electron chi connectivity index (χ0n) is 10.5. The highest BCUT2D eigenvalue weighted by atomic mass is 16.5. The van der Waals surface area contributed by atoms with Gasteiger partial charge in [0.05, 0.1) is 6.54 Å². The van der Waals surface area contributed by atoms with E-state index in [1.807, 2.05) is 13.8 Å². The SMILES string of the molecule is CCCc1noc(CNC(C)(CC)C(=O)O)n1. The molecule has 0 spiro atoms. The number of carboxylic acids is 1. The molecule has 0 radical (unpaired) electrons. The highest BCUT2D eigenvalue weighted by Gasteiger charge is 2.30. The van der Waals surface area contributed by atoms with Gasteiger partial charge in [0, 0.05) is 6.42 Å². The summed E-state index contributed by atoms with van der Waals surface area (Å²) in [5.41, 5.74) is -0.959. The summed E-state index contributed by atoms with van der Waals surface area (Å²) in [4.78, 5) is 15.2. The number of nitrogens with zero attached hydrogens (tertiary/aromatic N) is 2. The predicted molar refractivity (Wildman–Crippen MR) is 61.5 cm³/mol. The van der Waals surface area contributed by atoms with Gasteiger partial charge >= 0.3 is 5.97 Å². The van der Waals surface area contributed by atoms with Crippen molar-refractivity contribution < 1.29 is 14.4 Å². The van der Waals surface area contributed by atoms with Crippen molar-refractivity contribution in [3.8, 4) is 0 Å². The average molecular weight is 241 g/mol. The molecule has 1 aromatic heterocycles. The maximum atomic E-state index is 11.1. The Morgan fingerprint density at radius 3 is 2.76 bits per heavy atom. The summed E-state index contributed by atoms with van der Waals surface area (Å²) >= 11 is 0. The topological polar surface area (TPSA) is 88.2 Å². The lowest BCUT2D eigenvalue weighted by Gasteiger charge is -2.23. The van der Waals surface area contributed by atoms with Crippen molar-refractivity contribution >= 4 is 5.97 Å². The minimum absolute atomic E-state index is 0.271. The molecule has 0 aliphatic heterocycles. The number of hydrogen-bond donors (Lipinski definition) is 2. The summed E-state index contributed by atoms with van der Waals surface area (Å²) in [6.07, 6.45) is 2.21. The first-order chi connectivity index (χ1) is 8.01. The maximum Gasteiger partial charge on any atom is 0.323 e. The summed E-state index contributed by atoms with van der Waals surface area (Å²) in [6.45, 7) is 5.76. The smallest absolute Gasteiger partial charge is 0.323 e. The van der Waals surface area contributed by atoms with Crippen LogP contribution >= 0.6 is 0 Å². The third kappa shape index (κ3) is 3.52. The van der Waals surface area contributed by atoms with Gasteiger partial charge in [0.15, 0.2) is 5.82 Å².